The van der Waals surface area contributed by atoms with E-state index >= 15 is 0 Å². The van der Waals surface area contributed by atoms with Gasteiger partial charge in [0.25, 0.3) is 0 Å². The Balaban J connectivity index is 1.98. The number of H-pyrrole nitrogens is 1. The molecule has 2 nitrogen and oxygen atoms in total. The molecule has 0 aliphatic heterocycles. The van der Waals surface area contributed by atoms with Gasteiger partial charge in [0, 0.05) is 5.69 Å². The molecule has 2 rings (SSSR count). The van der Waals surface area contributed by atoms with Crippen LogP contribution in [0.4, 0.5) is 0 Å². The number of aromatic amines is 1. The van der Waals surface area contributed by atoms with Crippen LogP contribution in [0.3, 0.4) is 0 Å². The number of imidazole rings is 1. The average molecular weight is 229 g/mol. The summed E-state index contributed by atoms with van der Waals surface area (Å²) in [6, 6.07) is 0. The van der Waals surface area contributed by atoms with Crippen molar-refractivity contribution in [3.63, 3.8) is 0 Å². The standard InChI is InChI=1S/C9H13BrN2/c10-9-8(11-6-12-9)5-7-3-1-2-4-7/h6-7H,1-5H2,(H,11,12). The van der Waals surface area contributed by atoms with Gasteiger partial charge in [0.2, 0.25) is 0 Å². The van der Waals surface area contributed by atoms with Gasteiger partial charge in [0.15, 0.2) is 0 Å². The molecule has 0 radical (unpaired) electrons. The summed E-state index contributed by atoms with van der Waals surface area (Å²) >= 11 is 3.43. The fourth-order valence-electron chi connectivity index (χ4n) is 1.95. The van der Waals surface area contributed by atoms with Crippen LogP contribution in [-0.2, 0) is 6.42 Å². The smallest absolute Gasteiger partial charge is 0.127 e. The zero-order valence-corrected chi connectivity index (χ0v) is 8.60. The van der Waals surface area contributed by atoms with Crippen LogP contribution in [0.5, 0.6) is 0 Å². The molecule has 1 aromatic heterocycles. The summed E-state index contributed by atoms with van der Waals surface area (Å²) in [4.78, 5) is 7.29. The largest absolute Gasteiger partial charge is 0.348 e. The fraction of sp³-hybridized carbons (Fsp3) is 0.667. The number of nitrogens with zero attached hydrogens (tertiary/aromatic N) is 1. The minimum Gasteiger partial charge on any atom is -0.348 e. The highest BCUT2D eigenvalue weighted by Gasteiger charge is 2.17. The second-order valence-electron chi connectivity index (χ2n) is 3.53. The van der Waals surface area contributed by atoms with Crippen LogP contribution >= 0.6 is 15.9 Å². The molecule has 0 saturated heterocycles. The van der Waals surface area contributed by atoms with Crippen LogP contribution in [0.1, 0.15) is 31.4 Å². The Bertz CT molecular complexity index is 251. The number of aromatic nitrogens is 2. The molecule has 0 aromatic carbocycles. The highest BCUT2D eigenvalue weighted by Crippen LogP contribution is 2.28. The Hall–Kier alpha value is -0.310. The molecule has 12 heavy (non-hydrogen) atoms. The molecular weight excluding hydrogens is 216 g/mol. The number of halogens is 1. The molecule has 0 spiro atoms. The average Bonchev–Trinajstić information content (AvgIpc) is 2.65. The van der Waals surface area contributed by atoms with Gasteiger partial charge in [0.1, 0.15) is 4.60 Å². The van der Waals surface area contributed by atoms with E-state index in [1.165, 1.54) is 37.8 Å². The van der Waals surface area contributed by atoms with E-state index < -0.39 is 0 Å². The van der Waals surface area contributed by atoms with E-state index in [-0.39, 0.29) is 0 Å². The van der Waals surface area contributed by atoms with E-state index in [1.54, 1.807) is 6.33 Å². The molecule has 1 N–H and O–H groups in total. The summed E-state index contributed by atoms with van der Waals surface area (Å²) in [5.74, 6) is 0.891. The predicted molar refractivity (Wildman–Crippen MR) is 51.9 cm³/mol. The van der Waals surface area contributed by atoms with E-state index in [0.717, 1.165) is 10.5 Å². The molecule has 1 heterocycles. The molecule has 1 aromatic rings. The van der Waals surface area contributed by atoms with Crippen molar-refractivity contribution in [3.8, 4) is 0 Å². The zero-order valence-electron chi connectivity index (χ0n) is 7.02. The van der Waals surface area contributed by atoms with Crippen molar-refractivity contribution >= 4 is 15.9 Å². The van der Waals surface area contributed by atoms with E-state index in [0.29, 0.717) is 0 Å². The van der Waals surface area contributed by atoms with Crippen molar-refractivity contribution in [2.75, 3.05) is 0 Å². The molecular formula is C9H13BrN2. The van der Waals surface area contributed by atoms with Gasteiger partial charge in [-0.05, 0) is 28.3 Å². The number of hydrogen-bond donors (Lipinski definition) is 1. The molecule has 0 amide bonds. The van der Waals surface area contributed by atoms with Crippen molar-refractivity contribution in [2.24, 2.45) is 5.92 Å². The van der Waals surface area contributed by atoms with Gasteiger partial charge in [-0.2, -0.15) is 0 Å². The first-order valence-corrected chi connectivity index (χ1v) is 5.33. The van der Waals surface area contributed by atoms with Gasteiger partial charge < -0.3 is 4.98 Å². The minimum atomic E-state index is 0.891. The van der Waals surface area contributed by atoms with Crippen LogP contribution in [0.15, 0.2) is 10.9 Å². The Kier molecular flexibility index (Phi) is 2.49. The fourth-order valence-corrected chi connectivity index (χ4v) is 2.33. The summed E-state index contributed by atoms with van der Waals surface area (Å²) in [5, 5.41) is 0. The topological polar surface area (TPSA) is 28.7 Å². The molecule has 0 unspecified atom stereocenters. The van der Waals surface area contributed by atoms with E-state index in [4.69, 9.17) is 0 Å². The number of rotatable bonds is 2. The van der Waals surface area contributed by atoms with Crippen LogP contribution in [0.25, 0.3) is 0 Å². The van der Waals surface area contributed by atoms with Crippen LogP contribution in [0.2, 0.25) is 0 Å². The van der Waals surface area contributed by atoms with E-state index in [1.807, 2.05) is 0 Å². The van der Waals surface area contributed by atoms with Crippen molar-refractivity contribution in [3.05, 3.63) is 16.6 Å². The van der Waals surface area contributed by atoms with Gasteiger partial charge in [-0.25, -0.2) is 4.98 Å². The maximum Gasteiger partial charge on any atom is 0.127 e. The molecule has 1 aliphatic rings. The van der Waals surface area contributed by atoms with Crippen LogP contribution < -0.4 is 0 Å². The molecule has 1 aliphatic carbocycles. The van der Waals surface area contributed by atoms with Crippen molar-refractivity contribution in [1.82, 2.24) is 9.97 Å². The van der Waals surface area contributed by atoms with Gasteiger partial charge in [-0.3, -0.25) is 0 Å². The normalized spacial score (nSPS) is 18.8. The zero-order chi connectivity index (χ0) is 8.39. The Labute approximate surface area is 80.9 Å². The quantitative estimate of drug-likeness (QED) is 0.829. The summed E-state index contributed by atoms with van der Waals surface area (Å²) in [5.41, 5.74) is 1.27. The molecule has 0 bridgehead atoms. The second kappa shape index (κ2) is 3.60. The highest BCUT2D eigenvalue weighted by atomic mass is 79.9. The van der Waals surface area contributed by atoms with Crippen LogP contribution in [-0.4, -0.2) is 9.97 Å². The molecule has 3 heteroatoms. The van der Waals surface area contributed by atoms with Crippen molar-refractivity contribution in [2.45, 2.75) is 32.1 Å². The van der Waals surface area contributed by atoms with E-state index in [2.05, 4.69) is 25.9 Å². The summed E-state index contributed by atoms with van der Waals surface area (Å²) in [6.45, 7) is 0. The lowest BCUT2D eigenvalue weighted by atomic mass is 10.0. The Morgan fingerprint density at radius 3 is 2.83 bits per heavy atom. The number of nitrogens with one attached hydrogen (secondary N) is 1. The summed E-state index contributed by atoms with van der Waals surface area (Å²) < 4.78 is 0.995. The lowest BCUT2D eigenvalue weighted by Crippen LogP contribution is -1.99. The summed E-state index contributed by atoms with van der Waals surface area (Å²) in [7, 11) is 0. The maximum absolute atomic E-state index is 4.12. The third-order valence-corrected chi connectivity index (χ3v) is 3.32. The van der Waals surface area contributed by atoms with Gasteiger partial charge in [-0.1, -0.05) is 25.7 Å². The molecule has 1 saturated carbocycles. The Morgan fingerprint density at radius 1 is 1.50 bits per heavy atom. The SMILES string of the molecule is Brc1nc[nH]c1CC1CCCC1. The van der Waals surface area contributed by atoms with Crippen molar-refractivity contribution in [1.29, 1.82) is 0 Å². The molecule has 0 atom stereocenters. The third kappa shape index (κ3) is 1.71. The summed E-state index contributed by atoms with van der Waals surface area (Å²) in [6.07, 6.45) is 8.54. The van der Waals surface area contributed by atoms with Crippen LogP contribution in [0, 0.1) is 5.92 Å². The molecule has 1 fully saturated rings. The van der Waals surface area contributed by atoms with Crippen molar-refractivity contribution < 1.29 is 0 Å². The predicted octanol–water partition coefficient (Wildman–Crippen LogP) is 2.90. The lowest BCUT2D eigenvalue weighted by Gasteiger charge is -2.06. The first kappa shape index (κ1) is 8.30. The van der Waals surface area contributed by atoms with Gasteiger partial charge >= 0.3 is 0 Å². The monoisotopic (exact) mass is 228 g/mol. The molecule has 66 valence electrons. The second-order valence-corrected chi connectivity index (χ2v) is 4.28. The Morgan fingerprint density at radius 2 is 2.25 bits per heavy atom. The lowest BCUT2D eigenvalue weighted by molar-refractivity contribution is 0.539. The van der Waals surface area contributed by atoms with Gasteiger partial charge in [0.05, 0.1) is 6.33 Å². The first-order valence-electron chi connectivity index (χ1n) is 4.54. The highest BCUT2D eigenvalue weighted by molar-refractivity contribution is 9.10. The number of hydrogen-bond acceptors (Lipinski definition) is 1. The minimum absolute atomic E-state index is 0.891. The van der Waals surface area contributed by atoms with E-state index in [9.17, 15) is 0 Å². The third-order valence-electron chi connectivity index (χ3n) is 2.63. The van der Waals surface area contributed by atoms with Gasteiger partial charge in [-0.15, -0.1) is 0 Å². The first-order chi connectivity index (χ1) is 5.86. The maximum atomic E-state index is 4.12.